The van der Waals surface area contributed by atoms with Crippen molar-refractivity contribution in [3.8, 4) is 0 Å². The second kappa shape index (κ2) is 28.4. The van der Waals surface area contributed by atoms with Crippen LogP contribution in [0.15, 0.2) is 48.6 Å². The van der Waals surface area contributed by atoms with Gasteiger partial charge in [0.25, 0.3) is 0 Å². The Morgan fingerprint density at radius 3 is 1.81 bits per heavy atom. The summed E-state index contributed by atoms with van der Waals surface area (Å²) in [4.78, 5) is 12.8. The number of aliphatic hydroxyl groups is 7. The lowest BCUT2D eigenvalue weighted by atomic mass is 9.98. The maximum atomic E-state index is 12.8. The van der Waals surface area contributed by atoms with E-state index >= 15 is 0 Å². The molecule has 7 N–H and O–H groups in total. The monoisotopic (exact) mass is 758 g/mol. The van der Waals surface area contributed by atoms with Gasteiger partial charge in [0.2, 0.25) is 0 Å². The quantitative estimate of drug-likeness (QED) is 0.0365. The molecule has 2 rings (SSSR count). The Morgan fingerprint density at radius 1 is 0.642 bits per heavy atom. The molecule has 0 aromatic carbocycles. The third kappa shape index (κ3) is 18.4. The molecule has 0 spiro atoms. The van der Waals surface area contributed by atoms with Crippen molar-refractivity contribution in [3.05, 3.63) is 48.6 Å². The average Bonchev–Trinajstić information content (AvgIpc) is 3.15. The molecule has 53 heavy (non-hydrogen) atoms. The molecule has 11 atom stereocenters. The van der Waals surface area contributed by atoms with Crippen molar-refractivity contribution in [2.45, 2.75) is 158 Å². The van der Waals surface area contributed by atoms with Crippen molar-refractivity contribution in [2.75, 3.05) is 33.0 Å². The Morgan fingerprint density at radius 2 is 1.19 bits per heavy atom. The fourth-order valence-electron chi connectivity index (χ4n) is 5.65. The average molecular weight is 759 g/mol. The maximum Gasteiger partial charge on any atom is 0.306 e. The number of hydrogen-bond acceptors (Lipinski definition) is 14. The first-order chi connectivity index (χ1) is 25.6. The highest BCUT2D eigenvalue weighted by Crippen LogP contribution is 2.26. The number of unbranched alkanes of at least 4 members (excludes halogenated alkanes) is 5. The molecule has 0 saturated carbocycles. The van der Waals surface area contributed by atoms with Gasteiger partial charge in [-0.2, -0.15) is 0 Å². The van der Waals surface area contributed by atoms with Crippen molar-refractivity contribution in [2.24, 2.45) is 0 Å². The minimum atomic E-state index is -1.71. The number of carbonyl (C=O) groups excluding carboxylic acids is 1. The van der Waals surface area contributed by atoms with Crippen LogP contribution in [-0.2, 0) is 33.2 Å². The molecule has 0 bridgehead atoms. The zero-order valence-electron chi connectivity index (χ0n) is 31.5. The molecule has 0 amide bonds. The van der Waals surface area contributed by atoms with Gasteiger partial charge in [-0.05, 0) is 38.5 Å². The molecule has 11 unspecified atom stereocenters. The van der Waals surface area contributed by atoms with Crippen molar-refractivity contribution >= 4 is 5.97 Å². The van der Waals surface area contributed by atoms with Crippen LogP contribution < -0.4 is 0 Å². The van der Waals surface area contributed by atoms with Crippen molar-refractivity contribution in [1.29, 1.82) is 0 Å². The standard InChI is InChI=1S/C39H66O14/c1-3-5-7-9-11-12-13-14-15-16-17-18-20-22-31(41)51-28(25-48-23-21-19-10-8-6-4-2)26-49-38-37(47)35(45)33(43)30(53-38)27-50-39-36(46)34(44)32(42)29(24-40)52-39/h5,7,11-12,14-15,17-18,28-30,32-40,42-47H,3-4,6,8-10,13,16,19-27H2,1-2H3/b7-5-,12-11-,15-14-,18-17-. The van der Waals surface area contributed by atoms with Gasteiger partial charge in [-0.3, -0.25) is 4.79 Å². The molecule has 306 valence electrons. The van der Waals surface area contributed by atoms with Gasteiger partial charge in [0.1, 0.15) is 54.9 Å². The van der Waals surface area contributed by atoms with E-state index < -0.39 is 86.7 Å². The SMILES string of the molecule is CC/C=C\C/C=C\C/C=C\C/C=C\CCC(=O)OC(COCCCCCCCC)COC1OC(COC2OC(CO)C(O)C(O)C2O)C(O)C(O)C1O. The van der Waals surface area contributed by atoms with Gasteiger partial charge >= 0.3 is 5.97 Å². The Hall–Kier alpha value is -2.05. The number of aliphatic hydroxyl groups excluding tert-OH is 7. The minimum Gasteiger partial charge on any atom is -0.457 e. The number of esters is 1. The van der Waals surface area contributed by atoms with E-state index in [1.807, 2.05) is 12.2 Å². The molecule has 2 saturated heterocycles. The smallest absolute Gasteiger partial charge is 0.306 e. The summed E-state index contributed by atoms with van der Waals surface area (Å²) in [6, 6.07) is 0. The second-order valence-corrected chi connectivity index (χ2v) is 13.4. The summed E-state index contributed by atoms with van der Waals surface area (Å²) >= 11 is 0. The predicted octanol–water partition coefficient (Wildman–Crippen LogP) is 2.50. The molecule has 0 aliphatic carbocycles. The summed E-state index contributed by atoms with van der Waals surface area (Å²) in [5.74, 6) is -0.462. The lowest BCUT2D eigenvalue weighted by Gasteiger charge is -2.42. The normalized spacial score (nSPS) is 30.3. The number of hydrogen-bond donors (Lipinski definition) is 7. The summed E-state index contributed by atoms with van der Waals surface area (Å²) in [6.45, 7) is 3.36. The van der Waals surface area contributed by atoms with Gasteiger partial charge in [-0.15, -0.1) is 0 Å². The van der Waals surface area contributed by atoms with E-state index in [0.29, 0.717) is 13.0 Å². The highest BCUT2D eigenvalue weighted by Gasteiger charge is 2.47. The van der Waals surface area contributed by atoms with Crippen molar-refractivity contribution < 1.29 is 69.0 Å². The van der Waals surface area contributed by atoms with E-state index in [1.54, 1.807) is 0 Å². The molecule has 14 nitrogen and oxygen atoms in total. The number of carbonyl (C=O) groups is 1. The van der Waals surface area contributed by atoms with Gasteiger partial charge in [0.15, 0.2) is 12.6 Å². The summed E-state index contributed by atoms with van der Waals surface area (Å²) in [5, 5.41) is 71.4. The first kappa shape index (κ1) is 47.1. The van der Waals surface area contributed by atoms with E-state index in [9.17, 15) is 40.5 Å². The molecular weight excluding hydrogens is 692 g/mol. The number of allylic oxidation sites excluding steroid dienone is 8. The fourth-order valence-corrected chi connectivity index (χ4v) is 5.65. The predicted molar refractivity (Wildman–Crippen MR) is 196 cm³/mol. The third-order valence-electron chi connectivity index (χ3n) is 8.87. The second-order valence-electron chi connectivity index (χ2n) is 13.4. The molecule has 0 aromatic rings. The molecule has 14 heteroatoms. The molecule has 2 aliphatic rings. The van der Waals surface area contributed by atoms with Crippen LogP contribution >= 0.6 is 0 Å². The van der Waals surface area contributed by atoms with Crippen LogP contribution in [0.3, 0.4) is 0 Å². The lowest BCUT2D eigenvalue weighted by molar-refractivity contribution is -0.332. The molecule has 2 heterocycles. The summed E-state index contributed by atoms with van der Waals surface area (Å²) < 4.78 is 33.7. The van der Waals surface area contributed by atoms with E-state index in [2.05, 4.69) is 50.3 Å². The fraction of sp³-hybridized carbons (Fsp3) is 0.769. The first-order valence-corrected chi connectivity index (χ1v) is 19.2. The van der Waals surface area contributed by atoms with Gasteiger partial charge in [0, 0.05) is 13.0 Å². The molecule has 2 aliphatic heterocycles. The van der Waals surface area contributed by atoms with Crippen molar-refractivity contribution in [3.63, 3.8) is 0 Å². The van der Waals surface area contributed by atoms with Crippen LogP contribution in [-0.4, -0.2) is 142 Å². The summed E-state index contributed by atoms with van der Waals surface area (Å²) in [7, 11) is 0. The highest BCUT2D eigenvalue weighted by atomic mass is 16.7. The zero-order chi connectivity index (χ0) is 38.8. The molecular formula is C39H66O14. The van der Waals surface area contributed by atoms with Gasteiger partial charge < -0.3 is 64.2 Å². The van der Waals surface area contributed by atoms with Crippen molar-refractivity contribution in [1.82, 2.24) is 0 Å². The van der Waals surface area contributed by atoms with E-state index in [1.165, 1.54) is 12.8 Å². The number of ether oxygens (including phenoxy) is 6. The Kier molecular flexibility index (Phi) is 25.2. The Bertz CT molecular complexity index is 1060. The zero-order valence-corrected chi connectivity index (χ0v) is 31.5. The van der Waals surface area contributed by atoms with Crippen LogP contribution in [0.2, 0.25) is 0 Å². The Labute approximate surface area is 314 Å². The highest BCUT2D eigenvalue weighted by molar-refractivity contribution is 5.69. The van der Waals surface area contributed by atoms with Crippen LogP contribution in [0.1, 0.15) is 90.9 Å². The first-order valence-electron chi connectivity index (χ1n) is 19.2. The molecule has 2 fully saturated rings. The van der Waals surface area contributed by atoms with Crippen LogP contribution in [0.5, 0.6) is 0 Å². The number of rotatable bonds is 27. The van der Waals surface area contributed by atoms with Gasteiger partial charge in [0.05, 0.1) is 26.4 Å². The van der Waals surface area contributed by atoms with Crippen LogP contribution in [0, 0.1) is 0 Å². The maximum absolute atomic E-state index is 12.8. The molecule has 0 radical (unpaired) electrons. The van der Waals surface area contributed by atoms with E-state index in [0.717, 1.165) is 51.4 Å². The van der Waals surface area contributed by atoms with Crippen LogP contribution in [0.4, 0.5) is 0 Å². The topological polar surface area (TPSA) is 214 Å². The minimum absolute atomic E-state index is 0.0301. The molecule has 0 aromatic heterocycles. The summed E-state index contributed by atoms with van der Waals surface area (Å²) in [5.41, 5.74) is 0. The van der Waals surface area contributed by atoms with E-state index in [-0.39, 0.29) is 19.6 Å². The summed E-state index contributed by atoms with van der Waals surface area (Å²) in [6.07, 6.45) is 11.0. The largest absolute Gasteiger partial charge is 0.457 e. The third-order valence-corrected chi connectivity index (χ3v) is 8.87. The van der Waals surface area contributed by atoms with Gasteiger partial charge in [-0.25, -0.2) is 0 Å². The van der Waals surface area contributed by atoms with Gasteiger partial charge in [-0.1, -0.05) is 94.6 Å². The Balaban J connectivity index is 1.89. The van der Waals surface area contributed by atoms with E-state index in [4.69, 9.17) is 28.4 Å². The lowest BCUT2D eigenvalue weighted by Crippen LogP contribution is -2.61. The van der Waals surface area contributed by atoms with Crippen LogP contribution in [0.25, 0.3) is 0 Å².